The van der Waals surface area contributed by atoms with E-state index in [4.69, 9.17) is 4.42 Å². The van der Waals surface area contributed by atoms with Gasteiger partial charge < -0.3 is 9.32 Å². The van der Waals surface area contributed by atoms with E-state index in [1.165, 1.54) is 55.1 Å². The first-order chi connectivity index (χ1) is 25.8. The molecule has 0 bridgehead atoms. The molecule has 2 unspecified atom stereocenters. The molecule has 2 atom stereocenters. The summed E-state index contributed by atoms with van der Waals surface area (Å²) in [6, 6.07) is 61.0. The Labute approximate surface area is 303 Å². The Hall–Kier alpha value is -6.64. The van der Waals surface area contributed by atoms with Gasteiger partial charge in [0.25, 0.3) is 0 Å². The summed E-state index contributed by atoms with van der Waals surface area (Å²) in [6.45, 7) is 0. The van der Waals surface area contributed by atoms with E-state index in [2.05, 4.69) is 199 Å². The summed E-state index contributed by atoms with van der Waals surface area (Å²) in [5.74, 6) is 1.54. The van der Waals surface area contributed by atoms with E-state index in [0.29, 0.717) is 0 Å². The first-order valence-corrected chi connectivity index (χ1v) is 18.0. The molecule has 2 heteroatoms. The maximum absolute atomic E-state index is 6.19. The summed E-state index contributed by atoms with van der Waals surface area (Å²) in [7, 11) is 0. The summed E-state index contributed by atoms with van der Waals surface area (Å²) in [6.07, 6.45) is 11.5. The lowest BCUT2D eigenvalue weighted by Gasteiger charge is -2.28. The maximum atomic E-state index is 6.19. The van der Waals surface area contributed by atoms with Crippen LogP contribution in [-0.2, 0) is 0 Å². The third-order valence-electron chi connectivity index (χ3n) is 10.6. The van der Waals surface area contributed by atoms with Crippen molar-refractivity contribution < 1.29 is 4.42 Å². The zero-order chi connectivity index (χ0) is 34.4. The third-order valence-corrected chi connectivity index (χ3v) is 10.6. The average molecular weight is 666 g/mol. The van der Waals surface area contributed by atoms with Crippen LogP contribution in [0.1, 0.15) is 22.8 Å². The number of rotatable bonds is 6. The SMILES string of the molecule is C1=CC2c3c(oc4ccccc34)C=CC2C=C1c1ccc(N(c2ccc(-c3cccc4ccccc34)cc2)c2cccc(-c3ccccc3)c2)cc1. The molecule has 0 radical (unpaired) electrons. The van der Waals surface area contributed by atoms with Crippen molar-refractivity contribution in [2.75, 3.05) is 4.90 Å². The van der Waals surface area contributed by atoms with Gasteiger partial charge in [-0.2, -0.15) is 0 Å². The molecule has 10 rings (SSSR count). The van der Waals surface area contributed by atoms with E-state index < -0.39 is 0 Å². The molecule has 7 aromatic carbocycles. The fourth-order valence-corrected chi connectivity index (χ4v) is 8.08. The van der Waals surface area contributed by atoms with E-state index in [1.807, 2.05) is 6.07 Å². The molecule has 2 aliphatic carbocycles. The van der Waals surface area contributed by atoms with E-state index >= 15 is 0 Å². The number of hydrogen-bond acceptors (Lipinski definition) is 2. The van der Waals surface area contributed by atoms with Gasteiger partial charge in [0.15, 0.2) is 0 Å². The topological polar surface area (TPSA) is 16.4 Å². The van der Waals surface area contributed by atoms with Gasteiger partial charge >= 0.3 is 0 Å². The zero-order valence-electron chi connectivity index (χ0n) is 28.6. The molecular weight excluding hydrogens is 631 g/mol. The number of allylic oxidation sites excluding steroid dienone is 5. The van der Waals surface area contributed by atoms with Crippen LogP contribution in [0.15, 0.2) is 199 Å². The fourth-order valence-electron chi connectivity index (χ4n) is 8.08. The highest BCUT2D eigenvalue weighted by atomic mass is 16.3. The third kappa shape index (κ3) is 5.28. The van der Waals surface area contributed by atoms with Gasteiger partial charge in [0.2, 0.25) is 0 Å². The quantitative estimate of drug-likeness (QED) is 0.176. The van der Waals surface area contributed by atoms with Crippen LogP contribution >= 0.6 is 0 Å². The van der Waals surface area contributed by atoms with E-state index in [0.717, 1.165) is 28.4 Å². The van der Waals surface area contributed by atoms with Crippen LogP contribution in [0.4, 0.5) is 17.1 Å². The Morgan fingerprint density at radius 2 is 1.13 bits per heavy atom. The van der Waals surface area contributed by atoms with Crippen LogP contribution in [0.25, 0.3) is 55.6 Å². The minimum Gasteiger partial charge on any atom is -0.456 e. The smallest absolute Gasteiger partial charge is 0.135 e. The molecule has 0 saturated carbocycles. The standard InChI is InChI=1S/C50H35NO/c1-2-10-34(11-3-1)38-14-8-15-43(33-38)51(42-28-22-37(23-29-42)45-18-9-13-36-12-4-5-16-44(36)45)41-26-20-35(21-27-41)39-24-30-46-40(32-39)25-31-49-50(46)47-17-6-7-19-48(47)52-49/h1-33,40,46H. The minimum absolute atomic E-state index is 0.274. The van der Waals surface area contributed by atoms with Gasteiger partial charge in [-0.25, -0.2) is 0 Å². The van der Waals surface area contributed by atoms with Gasteiger partial charge in [0.1, 0.15) is 11.3 Å². The van der Waals surface area contributed by atoms with Crippen molar-refractivity contribution in [1.29, 1.82) is 0 Å². The molecule has 0 spiro atoms. The van der Waals surface area contributed by atoms with Crippen molar-refractivity contribution in [1.82, 2.24) is 0 Å². The van der Waals surface area contributed by atoms with Crippen molar-refractivity contribution in [2.45, 2.75) is 5.92 Å². The maximum Gasteiger partial charge on any atom is 0.135 e. The number of fused-ring (bicyclic) bond motifs is 6. The Bertz CT molecular complexity index is 2670. The summed E-state index contributed by atoms with van der Waals surface area (Å²) in [5.41, 5.74) is 12.9. The lowest BCUT2D eigenvalue weighted by molar-refractivity contribution is 0.578. The van der Waals surface area contributed by atoms with Crippen LogP contribution in [0.2, 0.25) is 0 Å². The molecule has 0 fully saturated rings. The van der Waals surface area contributed by atoms with E-state index in [9.17, 15) is 0 Å². The molecular formula is C50H35NO. The van der Waals surface area contributed by atoms with Crippen LogP contribution in [0, 0.1) is 5.92 Å². The highest BCUT2D eigenvalue weighted by Gasteiger charge is 2.30. The zero-order valence-corrected chi connectivity index (χ0v) is 28.6. The molecule has 52 heavy (non-hydrogen) atoms. The molecule has 0 amide bonds. The summed E-state index contributed by atoms with van der Waals surface area (Å²) in [4.78, 5) is 2.36. The van der Waals surface area contributed by atoms with Gasteiger partial charge in [-0.15, -0.1) is 0 Å². The first-order valence-electron chi connectivity index (χ1n) is 18.0. The summed E-state index contributed by atoms with van der Waals surface area (Å²) in [5, 5.41) is 3.73. The molecule has 1 heterocycles. The minimum atomic E-state index is 0.274. The fraction of sp³-hybridized carbons (Fsp3) is 0.0400. The van der Waals surface area contributed by atoms with Gasteiger partial charge in [-0.05, 0) is 92.7 Å². The van der Waals surface area contributed by atoms with Crippen LogP contribution in [-0.4, -0.2) is 0 Å². The van der Waals surface area contributed by atoms with Crippen LogP contribution < -0.4 is 4.90 Å². The van der Waals surface area contributed by atoms with Gasteiger partial charge in [0.05, 0.1) is 0 Å². The number of furan rings is 1. The molecule has 2 aliphatic rings. The van der Waals surface area contributed by atoms with Gasteiger partial charge in [0, 0.05) is 39.8 Å². The normalized spacial score (nSPS) is 16.0. The van der Waals surface area contributed by atoms with Crippen molar-refractivity contribution in [3.63, 3.8) is 0 Å². The second-order valence-electron chi connectivity index (χ2n) is 13.7. The summed E-state index contributed by atoms with van der Waals surface area (Å²) < 4.78 is 6.19. The van der Waals surface area contributed by atoms with Crippen LogP contribution in [0.5, 0.6) is 0 Å². The Morgan fingerprint density at radius 1 is 0.462 bits per heavy atom. The lowest BCUT2D eigenvalue weighted by atomic mass is 9.76. The first kappa shape index (κ1) is 30.2. The lowest BCUT2D eigenvalue weighted by Crippen LogP contribution is -2.13. The van der Waals surface area contributed by atoms with Crippen LogP contribution in [0.3, 0.4) is 0 Å². The second-order valence-corrected chi connectivity index (χ2v) is 13.7. The molecule has 8 aromatic rings. The number of hydrogen-bond donors (Lipinski definition) is 0. The molecule has 0 N–H and O–H groups in total. The molecule has 0 aliphatic heterocycles. The average Bonchev–Trinajstić information content (AvgIpc) is 3.61. The van der Waals surface area contributed by atoms with Crippen molar-refractivity contribution in [3.05, 3.63) is 211 Å². The van der Waals surface area contributed by atoms with Gasteiger partial charge in [-0.3, -0.25) is 0 Å². The summed E-state index contributed by atoms with van der Waals surface area (Å²) >= 11 is 0. The molecule has 1 aromatic heterocycles. The number of para-hydroxylation sites is 1. The number of benzene rings is 7. The highest BCUT2D eigenvalue weighted by Crippen LogP contribution is 2.46. The van der Waals surface area contributed by atoms with Crippen molar-refractivity contribution in [2.24, 2.45) is 5.92 Å². The molecule has 0 saturated heterocycles. The van der Waals surface area contributed by atoms with E-state index in [-0.39, 0.29) is 11.8 Å². The number of nitrogens with zero attached hydrogens (tertiary/aromatic N) is 1. The van der Waals surface area contributed by atoms with Gasteiger partial charge in [-0.1, -0.05) is 152 Å². The Morgan fingerprint density at radius 3 is 1.96 bits per heavy atom. The largest absolute Gasteiger partial charge is 0.456 e. The monoisotopic (exact) mass is 665 g/mol. The Balaban J connectivity index is 1.01. The second kappa shape index (κ2) is 12.6. The predicted octanol–water partition coefficient (Wildman–Crippen LogP) is 13.8. The highest BCUT2D eigenvalue weighted by molar-refractivity contribution is 5.97. The predicted molar refractivity (Wildman–Crippen MR) is 218 cm³/mol. The molecule has 246 valence electrons. The van der Waals surface area contributed by atoms with Crippen molar-refractivity contribution >= 4 is 50.5 Å². The van der Waals surface area contributed by atoms with Crippen molar-refractivity contribution in [3.8, 4) is 22.3 Å². The number of anilines is 3. The Kier molecular flexibility index (Phi) is 7.32. The molecule has 2 nitrogen and oxygen atoms in total. The van der Waals surface area contributed by atoms with E-state index in [1.54, 1.807) is 0 Å².